The molecule has 1 amide bonds. The van der Waals surface area contributed by atoms with Crippen molar-refractivity contribution in [3.63, 3.8) is 0 Å². The number of benzene rings is 4. The number of aromatic hydroxyl groups is 1. The Balaban J connectivity index is 1.54. The lowest BCUT2D eigenvalue weighted by atomic mass is 10.00. The van der Waals surface area contributed by atoms with Crippen molar-refractivity contribution in [3.8, 4) is 5.88 Å². The van der Waals surface area contributed by atoms with E-state index in [1.54, 1.807) is 30.0 Å². The van der Waals surface area contributed by atoms with Gasteiger partial charge in [0.15, 0.2) is 5.88 Å². The van der Waals surface area contributed by atoms with E-state index in [-0.39, 0.29) is 24.9 Å². The number of nitrogens with one attached hydrogen (secondary N) is 1. The number of nitrogens with zero attached hydrogens (tertiary/aromatic N) is 3. The van der Waals surface area contributed by atoms with E-state index in [1.807, 2.05) is 104 Å². The van der Waals surface area contributed by atoms with Gasteiger partial charge < -0.3 is 24.6 Å². The van der Waals surface area contributed by atoms with Crippen LogP contribution in [0.2, 0.25) is 0 Å². The minimum atomic E-state index is -0.428. The molecule has 0 fully saturated rings. The molecule has 43 heavy (non-hydrogen) atoms. The van der Waals surface area contributed by atoms with E-state index in [1.165, 1.54) is 0 Å². The summed E-state index contributed by atoms with van der Waals surface area (Å²) in [6, 6.07) is 32.1. The number of esters is 1. The molecule has 8 heteroatoms. The zero-order chi connectivity index (χ0) is 30.3. The molecule has 1 heterocycles. The fourth-order valence-electron chi connectivity index (χ4n) is 4.91. The zero-order valence-corrected chi connectivity index (χ0v) is 24.4. The number of carbonyl (C=O) groups is 2. The Hall–Kier alpha value is -5.21. The number of rotatable bonds is 10. The Labute approximate surface area is 250 Å². The number of ether oxygens (including phenoxy) is 1. The summed E-state index contributed by atoms with van der Waals surface area (Å²) in [6.07, 6.45) is 0. The fraction of sp³-hybridized carbons (Fsp3) is 0.171. The summed E-state index contributed by atoms with van der Waals surface area (Å²) in [5.41, 5.74) is 5.32. The number of hydrogen-bond donors (Lipinski definition) is 2. The predicted molar refractivity (Wildman–Crippen MR) is 170 cm³/mol. The quantitative estimate of drug-likeness (QED) is 0.150. The average molecular weight is 575 g/mol. The second kappa shape index (κ2) is 13.2. The minimum Gasteiger partial charge on any atom is -0.494 e. The summed E-state index contributed by atoms with van der Waals surface area (Å²) in [6.45, 7) is 2.76. The number of aromatic nitrogens is 1. The lowest BCUT2D eigenvalue weighted by molar-refractivity contribution is -0.119. The van der Waals surface area contributed by atoms with Gasteiger partial charge in [-0.15, -0.1) is 0 Å². The van der Waals surface area contributed by atoms with Crippen LogP contribution in [0.5, 0.6) is 5.88 Å². The third-order valence-electron chi connectivity index (χ3n) is 6.91. The van der Waals surface area contributed by atoms with Gasteiger partial charge >= 0.3 is 5.97 Å². The second-order valence-corrected chi connectivity index (χ2v) is 10.4. The average Bonchev–Trinajstić information content (AvgIpc) is 3.34. The molecule has 2 N–H and O–H groups in total. The Morgan fingerprint density at radius 2 is 1.53 bits per heavy atom. The van der Waals surface area contributed by atoms with E-state index in [0.29, 0.717) is 40.0 Å². The largest absolute Gasteiger partial charge is 0.494 e. The van der Waals surface area contributed by atoms with Gasteiger partial charge in [-0.25, -0.2) is 9.79 Å². The van der Waals surface area contributed by atoms with Gasteiger partial charge in [0.25, 0.3) is 0 Å². The molecule has 0 saturated carbocycles. The minimum absolute atomic E-state index is 0.0130. The monoisotopic (exact) mass is 574 g/mol. The molecule has 0 radical (unpaired) electrons. The maximum atomic E-state index is 13.2. The number of fused-ring (bicyclic) bond motifs is 1. The van der Waals surface area contributed by atoms with E-state index >= 15 is 0 Å². The van der Waals surface area contributed by atoms with Crippen molar-refractivity contribution in [2.75, 3.05) is 32.1 Å². The van der Waals surface area contributed by atoms with Crippen LogP contribution >= 0.6 is 0 Å². The molecule has 0 unspecified atom stereocenters. The molecule has 4 aromatic carbocycles. The Kier molecular flexibility index (Phi) is 8.98. The Morgan fingerprint density at radius 1 is 0.860 bits per heavy atom. The van der Waals surface area contributed by atoms with Gasteiger partial charge in [0, 0.05) is 22.2 Å². The van der Waals surface area contributed by atoms with E-state index < -0.39 is 5.97 Å². The molecule has 0 spiro atoms. The maximum Gasteiger partial charge on any atom is 0.338 e. The number of likely N-dealkylation sites (N-methyl/N-ethyl adjacent to an activating group) is 1. The molecule has 0 atom stereocenters. The number of anilines is 1. The number of aromatic amines is 1. The molecule has 0 saturated heterocycles. The number of aliphatic imine (C=N–C) groups is 1. The van der Waals surface area contributed by atoms with Crippen molar-refractivity contribution in [1.82, 2.24) is 9.88 Å². The summed E-state index contributed by atoms with van der Waals surface area (Å²) < 4.78 is 5.14. The summed E-state index contributed by atoms with van der Waals surface area (Å²) in [5.74, 6) is -0.498. The first-order valence-corrected chi connectivity index (χ1v) is 14.1. The Morgan fingerprint density at radius 3 is 2.19 bits per heavy atom. The van der Waals surface area contributed by atoms with Crippen molar-refractivity contribution in [2.45, 2.75) is 13.5 Å². The van der Waals surface area contributed by atoms with Crippen LogP contribution in [-0.2, 0) is 16.1 Å². The van der Waals surface area contributed by atoms with Gasteiger partial charge in [-0.1, -0.05) is 66.7 Å². The van der Waals surface area contributed by atoms with Gasteiger partial charge in [0.2, 0.25) is 5.91 Å². The lowest BCUT2D eigenvalue weighted by Gasteiger charge is -2.25. The third-order valence-corrected chi connectivity index (χ3v) is 6.91. The number of amides is 1. The number of H-pyrrole nitrogens is 1. The van der Waals surface area contributed by atoms with Gasteiger partial charge in [-0.2, -0.15) is 0 Å². The van der Waals surface area contributed by atoms with Crippen LogP contribution in [-0.4, -0.2) is 59.8 Å². The molecule has 218 valence electrons. The van der Waals surface area contributed by atoms with Crippen molar-refractivity contribution in [1.29, 1.82) is 0 Å². The van der Waals surface area contributed by atoms with Gasteiger partial charge in [0.1, 0.15) is 0 Å². The van der Waals surface area contributed by atoms with Crippen molar-refractivity contribution in [2.24, 2.45) is 4.99 Å². The van der Waals surface area contributed by atoms with Crippen LogP contribution in [0.4, 0.5) is 11.4 Å². The highest BCUT2D eigenvalue weighted by molar-refractivity contribution is 6.22. The molecule has 8 nitrogen and oxygen atoms in total. The summed E-state index contributed by atoms with van der Waals surface area (Å²) in [7, 11) is 3.75. The second-order valence-electron chi connectivity index (χ2n) is 10.4. The summed E-state index contributed by atoms with van der Waals surface area (Å²) >= 11 is 0. The van der Waals surface area contributed by atoms with E-state index in [0.717, 1.165) is 16.8 Å². The molecule has 0 bridgehead atoms. The molecular weight excluding hydrogens is 540 g/mol. The maximum absolute atomic E-state index is 13.2. The lowest BCUT2D eigenvalue weighted by Crippen LogP contribution is -2.37. The molecular formula is C35H34N4O4. The van der Waals surface area contributed by atoms with Crippen molar-refractivity contribution in [3.05, 3.63) is 125 Å². The summed E-state index contributed by atoms with van der Waals surface area (Å²) in [4.78, 5) is 37.1. The fourth-order valence-corrected chi connectivity index (χ4v) is 4.91. The first-order chi connectivity index (χ1) is 20.8. The topological polar surface area (TPSA) is 98.2 Å². The highest BCUT2D eigenvalue weighted by Crippen LogP contribution is 2.33. The highest BCUT2D eigenvalue weighted by atomic mass is 16.5. The van der Waals surface area contributed by atoms with Gasteiger partial charge in [-0.05, 0) is 63.0 Å². The predicted octanol–water partition coefficient (Wildman–Crippen LogP) is 6.31. The first kappa shape index (κ1) is 29.3. The number of carbonyl (C=O) groups excluding carboxylic acids is 2. The third kappa shape index (κ3) is 6.82. The van der Waals surface area contributed by atoms with Crippen LogP contribution in [0.15, 0.2) is 108 Å². The van der Waals surface area contributed by atoms with E-state index in [4.69, 9.17) is 9.73 Å². The van der Waals surface area contributed by atoms with Crippen LogP contribution in [0.25, 0.3) is 10.9 Å². The highest BCUT2D eigenvalue weighted by Gasteiger charge is 2.21. The van der Waals surface area contributed by atoms with Gasteiger partial charge in [0.05, 0.1) is 42.2 Å². The summed E-state index contributed by atoms with van der Waals surface area (Å²) in [5, 5.41) is 11.8. The molecule has 5 rings (SSSR count). The first-order valence-electron chi connectivity index (χ1n) is 14.1. The van der Waals surface area contributed by atoms with E-state index in [9.17, 15) is 14.7 Å². The van der Waals surface area contributed by atoms with E-state index in [2.05, 4.69) is 4.98 Å². The van der Waals surface area contributed by atoms with Crippen molar-refractivity contribution < 1.29 is 19.4 Å². The molecule has 5 aromatic rings. The van der Waals surface area contributed by atoms with Crippen LogP contribution in [0.3, 0.4) is 0 Å². The number of hydrogen-bond acceptors (Lipinski definition) is 6. The molecule has 1 aromatic heterocycles. The SMILES string of the molecule is CCOC(=O)c1ccc2c(C(=Nc3ccc(N(Cc4ccccc4)C(=O)CN(C)C)cc3)c3ccccc3)c(O)[nH]c2c1. The molecule has 0 aliphatic rings. The molecule has 0 aliphatic heterocycles. The van der Waals surface area contributed by atoms with Crippen molar-refractivity contribution >= 4 is 39.9 Å². The van der Waals surface area contributed by atoms with Gasteiger partial charge in [-0.3, -0.25) is 4.79 Å². The molecule has 0 aliphatic carbocycles. The zero-order valence-electron chi connectivity index (χ0n) is 24.4. The van der Waals surface area contributed by atoms with Crippen LogP contribution in [0.1, 0.15) is 34.0 Å². The normalized spacial score (nSPS) is 11.6. The smallest absolute Gasteiger partial charge is 0.338 e. The van der Waals surface area contributed by atoms with Crippen LogP contribution in [0, 0.1) is 0 Å². The standard InChI is InChI=1S/C35H34N4O4/c1-4-43-35(42)26-15-20-29-30(21-26)37-34(41)32(29)33(25-13-9-6-10-14-25)36-27-16-18-28(19-17-27)39(31(40)23-38(2)3)22-24-11-7-5-8-12-24/h5-21,37,41H,4,22-23H2,1-3H3. The van der Waals surface area contributed by atoms with Crippen LogP contribution < -0.4 is 4.90 Å². The Bertz CT molecular complexity index is 1740.